The van der Waals surface area contributed by atoms with Crippen molar-refractivity contribution >= 4 is 29.1 Å². The highest BCUT2D eigenvalue weighted by molar-refractivity contribution is 6.32. The molecule has 4 nitrogen and oxygen atoms in total. The van der Waals surface area contributed by atoms with E-state index in [2.05, 4.69) is 0 Å². The predicted octanol–water partition coefficient (Wildman–Crippen LogP) is 7.02. The molecule has 1 spiro atoms. The van der Waals surface area contributed by atoms with Crippen LogP contribution in [-0.4, -0.2) is 29.4 Å². The van der Waals surface area contributed by atoms with Crippen molar-refractivity contribution in [2.24, 2.45) is 5.41 Å². The minimum Gasteiger partial charge on any atom is -0.352 e. The number of halogens is 3. The molecule has 1 fully saturated rings. The Balaban J connectivity index is 1.53. The molecule has 0 unspecified atom stereocenters. The molecule has 4 aromatic rings. The third-order valence-corrected chi connectivity index (χ3v) is 8.64. The Bertz CT molecular complexity index is 1720. The first-order valence-electron chi connectivity index (χ1n) is 13.2. The Morgan fingerprint density at radius 1 is 0.732 bits per heavy atom. The number of carbonyl (C=O) groups excluding carboxylic acids is 3. The van der Waals surface area contributed by atoms with E-state index in [-0.39, 0.29) is 16.9 Å². The van der Waals surface area contributed by atoms with E-state index in [1.165, 1.54) is 12.1 Å². The molecule has 0 saturated carbocycles. The zero-order chi connectivity index (χ0) is 28.5. The lowest BCUT2D eigenvalue weighted by molar-refractivity contribution is -0.137. The van der Waals surface area contributed by atoms with Gasteiger partial charge < -0.3 is 4.90 Å². The van der Waals surface area contributed by atoms with E-state index in [0.29, 0.717) is 16.8 Å². The van der Waals surface area contributed by atoms with Crippen LogP contribution in [0.4, 0.5) is 18.9 Å². The molecule has 2 heterocycles. The van der Waals surface area contributed by atoms with Gasteiger partial charge in [0.1, 0.15) is 11.5 Å². The first-order chi connectivity index (χ1) is 19.7. The molecular formula is C34H22F3NO3. The summed E-state index contributed by atoms with van der Waals surface area (Å²) in [5.41, 5.74) is 0.101. The molecule has 7 heteroatoms. The maximum Gasteiger partial charge on any atom is 0.416 e. The standard InChI is InChI=1S/C34H22F3NO3/c35-34(36,37)23-17-14-21(15-18-23)28-29(30(39)22-9-2-1-3-10-22)38-26-13-7-4-8-20(26)16-19-27(38)33(28)31(40)24-11-5-6-12-25(24)32(33)41/h1-19,27-29H/t27-,28-,29+/m0/s1. The molecule has 1 aliphatic carbocycles. The molecule has 202 valence electrons. The average molecular weight is 550 g/mol. The highest BCUT2D eigenvalue weighted by atomic mass is 19.4. The van der Waals surface area contributed by atoms with Gasteiger partial charge in [-0.25, -0.2) is 0 Å². The number of rotatable bonds is 3. The number of nitrogens with zero attached hydrogens (tertiary/aromatic N) is 1. The first kappa shape index (κ1) is 25.2. The normalized spacial score (nSPS) is 22.0. The third-order valence-electron chi connectivity index (χ3n) is 8.64. The minimum atomic E-state index is -4.57. The van der Waals surface area contributed by atoms with Crippen LogP contribution < -0.4 is 4.90 Å². The molecule has 3 aliphatic rings. The third kappa shape index (κ3) is 3.44. The molecule has 1 saturated heterocycles. The van der Waals surface area contributed by atoms with Crippen LogP contribution in [-0.2, 0) is 6.18 Å². The number of hydrogen-bond acceptors (Lipinski definition) is 4. The van der Waals surface area contributed by atoms with E-state index in [1.54, 1.807) is 60.7 Å². The number of alkyl halides is 3. The van der Waals surface area contributed by atoms with E-state index in [4.69, 9.17) is 0 Å². The van der Waals surface area contributed by atoms with E-state index in [1.807, 2.05) is 35.2 Å². The monoisotopic (exact) mass is 549 g/mol. The molecule has 0 N–H and O–H groups in total. The number of hydrogen-bond donors (Lipinski definition) is 0. The lowest BCUT2D eigenvalue weighted by Gasteiger charge is -2.37. The van der Waals surface area contributed by atoms with Gasteiger partial charge >= 0.3 is 6.18 Å². The fourth-order valence-corrected chi connectivity index (χ4v) is 6.94. The van der Waals surface area contributed by atoms with Crippen molar-refractivity contribution in [1.82, 2.24) is 0 Å². The Morgan fingerprint density at radius 2 is 1.32 bits per heavy atom. The summed E-state index contributed by atoms with van der Waals surface area (Å²) in [5, 5.41) is 0. The quantitative estimate of drug-likeness (QED) is 0.204. The summed E-state index contributed by atoms with van der Waals surface area (Å²) in [7, 11) is 0. The maximum absolute atomic E-state index is 14.5. The van der Waals surface area contributed by atoms with Crippen molar-refractivity contribution in [2.45, 2.75) is 24.2 Å². The zero-order valence-corrected chi connectivity index (χ0v) is 21.5. The Kier molecular flexibility index (Phi) is 5.45. The topological polar surface area (TPSA) is 54.5 Å². The second-order valence-corrected chi connectivity index (χ2v) is 10.6. The Hall–Kier alpha value is -4.78. The first-order valence-corrected chi connectivity index (χ1v) is 13.2. The fraction of sp³-hybridized carbons (Fsp3) is 0.147. The smallest absolute Gasteiger partial charge is 0.352 e. The highest BCUT2D eigenvalue weighted by Gasteiger charge is 2.71. The number of Topliss-reactive ketones (excluding diaryl/α,β-unsaturated/α-hetero) is 3. The number of benzene rings is 4. The summed E-state index contributed by atoms with van der Waals surface area (Å²) in [5.74, 6) is -2.24. The molecule has 3 atom stereocenters. The van der Waals surface area contributed by atoms with E-state index in [0.717, 1.165) is 17.7 Å². The van der Waals surface area contributed by atoms with Gasteiger partial charge in [0.2, 0.25) is 0 Å². The van der Waals surface area contributed by atoms with Crippen LogP contribution in [0.25, 0.3) is 6.08 Å². The van der Waals surface area contributed by atoms with E-state index < -0.39 is 46.7 Å². The SMILES string of the molecule is O=C(c1ccccc1)[C@H]1[C@H](c2ccc(C(F)(F)F)cc2)C2(C(=O)c3ccccc3C2=O)[C@@H]2C=Cc3ccccc3N21. The van der Waals surface area contributed by atoms with Crippen molar-refractivity contribution in [3.63, 3.8) is 0 Å². The summed E-state index contributed by atoms with van der Waals surface area (Å²) >= 11 is 0. The van der Waals surface area contributed by atoms with Crippen LogP contribution in [0, 0.1) is 5.41 Å². The molecule has 0 bridgehead atoms. The zero-order valence-electron chi connectivity index (χ0n) is 21.5. The van der Waals surface area contributed by atoms with Crippen LogP contribution in [0.2, 0.25) is 0 Å². The van der Waals surface area contributed by atoms with Crippen LogP contribution in [0.15, 0.2) is 109 Å². The van der Waals surface area contributed by atoms with Gasteiger partial charge in [0, 0.05) is 28.3 Å². The second kappa shape index (κ2) is 8.86. The number of ketones is 3. The number of anilines is 1. The van der Waals surface area contributed by atoms with Gasteiger partial charge in [0.05, 0.1) is 11.6 Å². The van der Waals surface area contributed by atoms with E-state index >= 15 is 0 Å². The fourth-order valence-electron chi connectivity index (χ4n) is 6.94. The average Bonchev–Trinajstić information content (AvgIpc) is 3.43. The largest absolute Gasteiger partial charge is 0.416 e. The van der Waals surface area contributed by atoms with Gasteiger partial charge in [0.25, 0.3) is 0 Å². The molecule has 0 aromatic heterocycles. The lowest BCUT2D eigenvalue weighted by Crippen LogP contribution is -2.48. The van der Waals surface area contributed by atoms with Crippen molar-refractivity contribution < 1.29 is 27.6 Å². The molecule has 7 rings (SSSR count). The molecule has 4 aromatic carbocycles. The van der Waals surface area contributed by atoms with Crippen molar-refractivity contribution in [1.29, 1.82) is 0 Å². The van der Waals surface area contributed by atoms with E-state index in [9.17, 15) is 27.6 Å². The van der Waals surface area contributed by atoms with Crippen LogP contribution >= 0.6 is 0 Å². The molecule has 41 heavy (non-hydrogen) atoms. The van der Waals surface area contributed by atoms with Gasteiger partial charge in [-0.3, -0.25) is 14.4 Å². The van der Waals surface area contributed by atoms with Crippen LogP contribution in [0.3, 0.4) is 0 Å². The minimum absolute atomic E-state index is 0.259. The van der Waals surface area contributed by atoms with Crippen molar-refractivity contribution in [2.75, 3.05) is 4.90 Å². The lowest BCUT2D eigenvalue weighted by atomic mass is 9.64. The predicted molar refractivity (Wildman–Crippen MR) is 148 cm³/mol. The van der Waals surface area contributed by atoms with Gasteiger partial charge in [-0.15, -0.1) is 0 Å². The van der Waals surface area contributed by atoms with Crippen LogP contribution in [0.1, 0.15) is 53.7 Å². The summed E-state index contributed by atoms with van der Waals surface area (Å²) < 4.78 is 40.6. The molecular weight excluding hydrogens is 527 g/mol. The van der Waals surface area contributed by atoms with Gasteiger partial charge in [0.15, 0.2) is 17.3 Å². The van der Waals surface area contributed by atoms with Crippen molar-refractivity contribution in [3.05, 3.63) is 143 Å². The summed E-state index contributed by atoms with van der Waals surface area (Å²) in [6, 6.07) is 25.2. The summed E-state index contributed by atoms with van der Waals surface area (Å²) in [4.78, 5) is 45.4. The Morgan fingerprint density at radius 3 is 1.95 bits per heavy atom. The van der Waals surface area contributed by atoms with Gasteiger partial charge in [-0.05, 0) is 29.3 Å². The number of para-hydroxylation sites is 1. The number of fused-ring (bicyclic) bond motifs is 5. The number of carbonyl (C=O) groups is 3. The van der Waals surface area contributed by atoms with Gasteiger partial charge in [-0.1, -0.05) is 97.1 Å². The maximum atomic E-state index is 14.5. The van der Waals surface area contributed by atoms with Crippen molar-refractivity contribution in [3.8, 4) is 0 Å². The van der Waals surface area contributed by atoms with Gasteiger partial charge in [-0.2, -0.15) is 13.2 Å². The molecule has 0 radical (unpaired) electrons. The molecule has 0 amide bonds. The summed E-state index contributed by atoms with van der Waals surface area (Å²) in [6.07, 6.45) is -0.931. The second-order valence-electron chi connectivity index (χ2n) is 10.6. The Labute approximate surface area is 233 Å². The summed E-state index contributed by atoms with van der Waals surface area (Å²) in [6.45, 7) is 0. The van der Waals surface area contributed by atoms with Crippen LogP contribution in [0.5, 0.6) is 0 Å². The highest BCUT2D eigenvalue weighted by Crippen LogP contribution is 2.61. The molecule has 2 aliphatic heterocycles.